The van der Waals surface area contributed by atoms with Crippen molar-refractivity contribution in [2.75, 3.05) is 13.1 Å². The molecule has 6 atom stereocenters. The quantitative estimate of drug-likeness (QED) is 0.0719. The number of nitrogens with one attached hydrogen (secondary N) is 5. The number of phenols is 1. The molecule has 1 aliphatic heterocycles. The molecule has 16 heteroatoms. The maximum atomic E-state index is 13.9. The zero-order chi connectivity index (χ0) is 37.9. The number of hydrogen-bond acceptors (Lipinski definition) is 10. The second-order valence-electron chi connectivity index (χ2n) is 13.3. The third-order valence-corrected chi connectivity index (χ3v) is 8.39. The zero-order valence-corrected chi connectivity index (χ0v) is 29.6. The van der Waals surface area contributed by atoms with Gasteiger partial charge in [0.1, 0.15) is 36.0 Å². The van der Waals surface area contributed by atoms with E-state index in [0.717, 1.165) is 0 Å². The van der Waals surface area contributed by atoms with Gasteiger partial charge in [0.2, 0.25) is 29.5 Å². The van der Waals surface area contributed by atoms with Crippen molar-refractivity contribution in [3.05, 3.63) is 42.0 Å². The molecule has 16 nitrogen and oxygen atoms in total. The highest BCUT2D eigenvalue weighted by molar-refractivity contribution is 5.96. The highest BCUT2D eigenvalue weighted by atomic mass is 16.4. The molecule has 0 aliphatic carbocycles. The van der Waals surface area contributed by atoms with Crippen LogP contribution in [0.25, 0.3) is 0 Å². The SMILES string of the molecule is CC(C)C[C@@H](NC(=O)[C@H](Cc1ccc(O)cc1)NC(=O)[C@@H]1C/C=C/C[C@H](N)C(=O)N[C@@H](CCCCN)C(=O)N[C@@H](CCCCN)C(=O)N1)C(=O)O. The number of benzene rings is 1. The molecule has 1 aromatic rings. The molecule has 284 valence electrons. The number of carboxylic acids is 1. The predicted molar refractivity (Wildman–Crippen MR) is 191 cm³/mol. The Morgan fingerprint density at radius 3 is 1.90 bits per heavy atom. The summed E-state index contributed by atoms with van der Waals surface area (Å²) in [6, 6.07) is -0.820. The van der Waals surface area contributed by atoms with Gasteiger partial charge in [0.05, 0.1) is 6.04 Å². The Hall–Kier alpha value is -4.54. The van der Waals surface area contributed by atoms with Crippen LogP contribution in [0.15, 0.2) is 36.4 Å². The van der Waals surface area contributed by atoms with Gasteiger partial charge in [-0.25, -0.2) is 4.79 Å². The van der Waals surface area contributed by atoms with E-state index in [0.29, 0.717) is 44.3 Å². The lowest BCUT2D eigenvalue weighted by molar-refractivity contribution is -0.142. The number of aromatic hydroxyl groups is 1. The first-order valence-corrected chi connectivity index (χ1v) is 17.6. The Labute approximate surface area is 299 Å². The van der Waals surface area contributed by atoms with Crippen molar-refractivity contribution in [1.29, 1.82) is 0 Å². The predicted octanol–water partition coefficient (Wildman–Crippen LogP) is -0.575. The summed E-state index contributed by atoms with van der Waals surface area (Å²) in [5, 5.41) is 32.8. The van der Waals surface area contributed by atoms with Crippen LogP contribution >= 0.6 is 0 Å². The molecule has 0 saturated heterocycles. The van der Waals surface area contributed by atoms with Crippen molar-refractivity contribution in [1.82, 2.24) is 26.6 Å². The molecule has 1 heterocycles. The summed E-state index contributed by atoms with van der Waals surface area (Å²) < 4.78 is 0. The van der Waals surface area contributed by atoms with E-state index < -0.39 is 71.8 Å². The van der Waals surface area contributed by atoms with E-state index in [-0.39, 0.29) is 50.2 Å². The number of carboxylic acid groups (broad SMARTS) is 1. The number of carbonyl (C=O) groups is 6. The maximum Gasteiger partial charge on any atom is 0.326 e. The summed E-state index contributed by atoms with van der Waals surface area (Å²) in [7, 11) is 0. The summed E-state index contributed by atoms with van der Waals surface area (Å²) in [4.78, 5) is 79.5. The summed E-state index contributed by atoms with van der Waals surface area (Å²) in [6.45, 7) is 4.39. The van der Waals surface area contributed by atoms with Crippen LogP contribution in [0.3, 0.4) is 0 Å². The molecule has 1 aliphatic rings. The van der Waals surface area contributed by atoms with Crippen LogP contribution in [0.4, 0.5) is 0 Å². The molecule has 0 unspecified atom stereocenters. The van der Waals surface area contributed by atoms with Crippen LogP contribution in [0, 0.1) is 5.92 Å². The first-order chi connectivity index (χ1) is 24.2. The number of hydrogen-bond donors (Lipinski definition) is 10. The lowest BCUT2D eigenvalue weighted by Gasteiger charge is -2.27. The molecule has 0 fully saturated rings. The molecule has 13 N–H and O–H groups in total. The average Bonchev–Trinajstić information content (AvgIpc) is 3.08. The Balaban J connectivity index is 2.43. The summed E-state index contributed by atoms with van der Waals surface area (Å²) in [6.07, 6.45) is 5.95. The monoisotopic (exact) mass is 716 g/mol. The van der Waals surface area contributed by atoms with E-state index in [1.54, 1.807) is 24.3 Å². The van der Waals surface area contributed by atoms with Crippen molar-refractivity contribution in [2.45, 2.75) is 114 Å². The van der Waals surface area contributed by atoms with Gasteiger partial charge in [-0.3, -0.25) is 24.0 Å². The standard InChI is InChI=1S/C35H56N8O8/c1-21(2)19-29(35(50)51)43-34(49)28(20-22-13-15-23(44)16-14-22)42-33(48)26-10-4-3-9-24(38)30(45)39-25(11-5-7-17-36)31(46)41-27(32(47)40-26)12-6-8-18-37/h3-4,13-16,21,24-29,44H,5-12,17-20,36-38H2,1-2H3,(H,39,45)(H,40,47)(H,41,46)(H,42,48)(H,43,49)(H,50,51)/b4-3+/t24-,25-,26-,27-,28-,29+/m0/s1. The molecular weight excluding hydrogens is 660 g/mol. The summed E-state index contributed by atoms with van der Waals surface area (Å²) >= 11 is 0. The minimum Gasteiger partial charge on any atom is -0.508 e. The first-order valence-electron chi connectivity index (χ1n) is 17.6. The topological polar surface area (TPSA) is 281 Å². The van der Waals surface area contributed by atoms with Gasteiger partial charge in [0, 0.05) is 6.42 Å². The zero-order valence-electron chi connectivity index (χ0n) is 29.6. The molecule has 0 bridgehead atoms. The molecule has 2 rings (SSSR count). The highest BCUT2D eigenvalue weighted by Gasteiger charge is 2.33. The number of unbranched alkanes of at least 4 members (excludes halogenated alkanes) is 2. The van der Waals surface area contributed by atoms with Gasteiger partial charge in [0.15, 0.2) is 0 Å². The molecule has 0 aromatic heterocycles. The summed E-state index contributed by atoms with van der Waals surface area (Å²) in [5.74, 6) is -4.59. The highest BCUT2D eigenvalue weighted by Crippen LogP contribution is 2.14. The van der Waals surface area contributed by atoms with E-state index in [2.05, 4.69) is 26.6 Å². The average molecular weight is 717 g/mol. The second kappa shape index (κ2) is 22.3. The molecule has 0 saturated carbocycles. The second-order valence-corrected chi connectivity index (χ2v) is 13.3. The number of phenolic OH excluding ortho intramolecular Hbond substituents is 1. The van der Waals surface area contributed by atoms with Crippen LogP contribution in [0.2, 0.25) is 0 Å². The minimum absolute atomic E-state index is 0.00641. The van der Waals surface area contributed by atoms with Crippen molar-refractivity contribution < 1.29 is 39.0 Å². The summed E-state index contributed by atoms with van der Waals surface area (Å²) in [5.41, 5.74) is 18.0. The van der Waals surface area contributed by atoms with E-state index >= 15 is 0 Å². The maximum absolute atomic E-state index is 13.9. The van der Waals surface area contributed by atoms with Gasteiger partial charge in [0.25, 0.3) is 0 Å². The fourth-order valence-electron chi connectivity index (χ4n) is 5.47. The normalized spacial score (nSPS) is 22.0. The van der Waals surface area contributed by atoms with Crippen LogP contribution in [0.1, 0.15) is 77.2 Å². The fourth-order valence-corrected chi connectivity index (χ4v) is 5.47. The van der Waals surface area contributed by atoms with Crippen LogP contribution < -0.4 is 43.8 Å². The van der Waals surface area contributed by atoms with E-state index in [1.807, 2.05) is 13.8 Å². The van der Waals surface area contributed by atoms with Gasteiger partial charge in [-0.05, 0) is 94.5 Å². The number of aliphatic carboxylic acids is 1. The number of amides is 5. The lowest BCUT2D eigenvalue weighted by atomic mass is 10.0. The Bertz CT molecular complexity index is 1340. The molecule has 51 heavy (non-hydrogen) atoms. The van der Waals surface area contributed by atoms with Crippen LogP contribution in [-0.4, -0.2) is 95.1 Å². The smallest absolute Gasteiger partial charge is 0.326 e. The number of rotatable bonds is 17. The van der Waals surface area contributed by atoms with Crippen molar-refractivity contribution in [3.63, 3.8) is 0 Å². The first kappa shape index (κ1) is 42.6. The van der Waals surface area contributed by atoms with Gasteiger partial charge in [-0.2, -0.15) is 0 Å². The third-order valence-electron chi connectivity index (χ3n) is 8.39. The minimum atomic E-state index is -1.27. The molecule has 5 amide bonds. The van der Waals surface area contributed by atoms with Crippen molar-refractivity contribution in [3.8, 4) is 5.75 Å². The van der Waals surface area contributed by atoms with Gasteiger partial charge < -0.3 is 54.0 Å². The third kappa shape index (κ3) is 15.5. The number of nitrogens with two attached hydrogens (primary N) is 3. The molecular formula is C35H56N8O8. The molecule has 0 radical (unpaired) electrons. The Morgan fingerprint density at radius 1 is 0.804 bits per heavy atom. The van der Waals surface area contributed by atoms with Gasteiger partial charge in [-0.1, -0.05) is 38.1 Å². The van der Waals surface area contributed by atoms with E-state index in [1.165, 1.54) is 12.1 Å². The largest absolute Gasteiger partial charge is 0.508 e. The van der Waals surface area contributed by atoms with Gasteiger partial charge >= 0.3 is 5.97 Å². The Morgan fingerprint density at radius 2 is 1.35 bits per heavy atom. The Kier molecular flexibility index (Phi) is 18.7. The van der Waals surface area contributed by atoms with Crippen molar-refractivity contribution in [2.24, 2.45) is 23.1 Å². The lowest BCUT2D eigenvalue weighted by Crippen LogP contribution is -2.59. The van der Waals surface area contributed by atoms with Crippen LogP contribution in [-0.2, 0) is 35.2 Å². The fraction of sp³-hybridized carbons (Fsp3) is 0.600. The van der Waals surface area contributed by atoms with E-state index in [4.69, 9.17) is 17.2 Å². The van der Waals surface area contributed by atoms with Gasteiger partial charge in [-0.15, -0.1) is 0 Å². The van der Waals surface area contributed by atoms with Crippen molar-refractivity contribution >= 4 is 35.5 Å². The number of carbonyl (C=O) groups excluding carboxylic acids is 5. The molecule has 0 spiro atoms. The van der Waals surface area contributed by atoms with E-state index in [9.17, 15) is 39.0 Å². The molecule has 1 aromatic carbocycles. The van der Waals surface area contributed by atoms with Crippen LogP contribution in [0.5, 0.6) is 5.75 Å².